The van der Waals surface area contributed by atoms with Gasteiger partial charge in [0.25, 0.3) is 0 Å². The monoisotopic (exact) mass is 338 g/mol. The van der Waals surface area contributed by atoms with Crippen LogP contribution in [-0.2, 0) is 6.18 Å². The summed E-state index contributed by atoms with van der Waals surface area (Å²) in [6.45, 7) is 1.60. The molecule has 0 saturated heterocycles. The Kier molecular flexibility index (Phi) is 5.46. The second-order valence-electron chi connectivity index (χ2n) is 5.32. The number of aliphatic hydroxyl groups is 1. The summed E-state index contributed by atoms with van der Waals surface area (Å²) >= 11 is 0. The Bertz CT molecular complexity index is 690. The highest BCUT2D eigenvalue weighted by molar-refractivity contribution is 5.89. The number of aliphatic hydroxyl groups excluding tert-OH is 1. The molecule has 2 rings (SSSR count). The zero-order valence-electron chi connectivity index (χ0n) is 12.8. The number of hydrogen-bond donors (Lipinski definition) is 3. The Hall–Kier alpha value is -2.54. The van der Waals surface area contributed by atoms with Gasteiger partial charge in [0, 0.05) is 5.69 Å². The van der Waals surface area contributed by atoms with Crippen LogP contribution >= 0.6 is 0 Å². The molecule has 4 nitrogen and oxygen atoms in total. The number of alkyl halides is 3. The first-order chi connectivity index (χ1) is 11.3. The summed E-state index contributed by atoms with van der Waals surface area (Å²) in [6.07, 6.45) is -5.41. The van der Waals surface area contributed by atoms with Gasteiger partial charge in [0.15, 0.2) is 0 Å². The predicted molar refractivity (Wildman–Crippen MR) is 84.5 cm³/mol. The SMILES string of the molecule is C[C@@H](NC(=O)Nc1cccc(C(F)(F)F)c1)[C@H](O)c1ccccc1. The van der Waals surface area contributed by atoms with Crippen molar-refractivity contribution in [2.75, 3.05) is 5.32 Å². The van der Waals surface area contributed by atoms with E-state index in [-0.39, 0.29) is 5.69 Å². The second kappa shape index (κ2) is 7.35. The van der Waals surface area contributed by atoms with Crippen molar-refractivity contribution in [3.63, 3.8) is 0 Å². The summed E-state index contributed by atoms with van der Waals surface area (Å²) in [6, 6.07) is 11.8. The molecule has 0 aliphatic carbocycles. The molecule has 24 heavy (non-hydrogen) atoms. The fourth-order valence-electron chi connectivity index (χ4n) is 2.17. The first-order valence-electron chi connectivity index (χ1n) is 7.25. The van der Waals surface area contributed by atoms with Crippen LogP contribution in [0.25, 0.3) is 0 Å². The summed E-state index contributed by atoms with van der Waals surface area (Å²) < 4.78 is 37.9. The lowest BCUT2D eigenvalue weighted by atomic mass is 10.0. The topological polar surface area (TPSA) is 61.4 Å². The minimum absolute atomic E-state index is 0.0173. The number of nitrogens with one attached hydrogen (secondary N) is 2. The first-order valence-corrected chi connectivity index (χ1v) is 7.25. The van der Waals surface area contributed by atoms with Gasteiger partial charge < -0.3 is 15.7 Å². The van der Waals surface area contributed by atoms with Gasteiger partial charge in [-0.1, -0.05) is 36.4 Å². The number of amides is 2. The van der Waals surface area contributed by atoms with Crippen molar-refractivity contribution in [3.05, 3.63) is 65.7 Å². The lowest BCUT2D eigenvalue weighted by molar-refractivity contribution is -0.137. The minimum Gasteiger partial charge on any atom is -0.386 e. The lowest BCUT2D eigenvalue weighted by Gasteiger charge is -2.21. The molecular weight excluding hydrogens is 321 g/mol. The first kappa shape index (κ1) is 17.8. The number of halogens is 3. The molecule has 7 heteroatoms. The predicted octanol–water partition coefficient (Wildman–Crippen LogP) is 3.95. The molecule has 0 heterocycles. The van der Waals surface area contributed by atoms with Crippen molar-refractivity contribution in [2.24, 2.45) is 0 Å². The molecule has 0 aliphatic rings. The van der Waals surface area contributed by atoms with E-state index in [0.717, 1.165) is 12.1 Å². The highest BCUT2D eigenvalue weighted by Gasteiger charge is 2.30. The van der Waals surface area contributed by atoms with Gasteiger partial charge in [-0.25, -0.2) is 4.79 Å². The van der Waals surface area contributed by atoms with E-state index in [1.54, 1.807) is 37.3 Å². The molecule has 2 aromatic rings. The summed E-state index contributed by atoms with van der Waals surface area (Å²) in [4.78, 5) is 11.9. The Balaban J connectivity index is 1.98. The van der Waals surface area contributed by atoms with Crippen molar-refractivity contribution < 1.29 is 23.1 Å². The minimum atomic E-state index is -4.48. The van der Waals surface area contributed by atoms with Gasteiger partial charge in [-0.2, -0.15) is 13.2 Å². The maximum atomic E-state index is 12.6. The van der Waals surface area contributed by atoms with Crippen LogP contribution in [0.15, 0.2) is 54.6 Å². The summed E-state index contributed by atoms with van der Waals surface area (Å²) in [5, 5.41) is 15.0. The average Bonchev–Trinajstić information content (AvgIpc) is 2.54. The third kappa shape index (κ3) is 4.73. The van der Waals surface area contributed by atoms with Crippen LogP contribution < -0.4 is 10.6 Å². The van der Waals surface area contributed by atoms with Gasteiger partial charge in [-0.3, -0.25) is 0 Å². The van der Waals surface area contributed by atoms with Gasteiger partial charge in [0.05, 0.1) is 17.7 Å². The van der Waals surface area contributed by atoms with Crippen LogP contribution in [-0.4, -0.2) is 17.2 Å². The van der Waals surface area contributed by atoms with Gasteiger partial charge in [-0.15, -0.1) is 0 Å². The fraction of sp³-hybridized carbons (Fsp3) is 0.235. The van der Waals surface area contributed by atoms with E-state index in [1.165, 1.54) is 12.1 Å². The molecule has 0 saturated carbocycles. The van der Waals surface area contributed by atoms with Gasteiger partial charge >= 0.3 is 12.2 Å². The van der Waals surface area contributed by atoms with E-state index in [0.29, 0.717) is 5.56 Å². The average molecular weight is 338 g/mol. The highest BCUT2D eigenvalue weighted by Crippen LogP contribution is 2.30. The Morgan fingerprint density at radius 3 is 2.38 bits per heavy atom. The number of rotatable bonds is 4. The molecule has 0 aliphatic heterocycles. The summed E-state index contributed by atoms with van der Waals surface area (Å²) in [5.74, 6) is 0. The Morgan fingerprint density at radius 2 is 1.75 bits per heavy atom. The van der Waals surface area contributed by atoms with Crippen LogP contribution in [0.4, 0.5) is 23.7 Å². The van der Waals surface area contributed by atoms with Crippen LogP contribution in [0.1, 0.15) is 24.2 Å². The molecule has 2 amide bonds. The number of hydrogen-bond acceptors (Lipinski definition) is 2. The molecule has 2 aromatic carbocycles. The molecule has 0 unspecified atom stereocenters. The van der Waals surface area contributed by atoms with Crippen LogP contribution in [0.5, 0.6) is 0 Å². The molecule has 3 N–H and O–H groups in total. The van der Waals surface area contributed by atoms with E-state index >= 15 is 0 Å². The van der Waals surface area contributed by atoms with Crippen LogP contribution in [0, 0.1) is 0 Å². The van der Waals surface area contributed by atoms with Crippen LogP contribution in [0.2, 0.25) is 0 Å². The molecule has 0 fully saturated rings. The second-order valence-corrected chi connectivity index (χ2v) is 5.32. The van der Waals surface area contributed by atoms with Gasteiger partial charge in [0.1, 0.15) is 0 Å². The summed E-state index contributed by atoms with van der Waals surface area (Å²) in [7, 11) is 0. The largest absolute Gasteiger partial charge is 0.416 e. The van der Waals surface area contributed by atoms with E-state index in [4.69, 9.17) is 0 Å². The molecule has 2 atom stereocenters. The Labute approximate surface area is 137 Å². The van der Waals surface area contributed by atoms with Crippen molar-refractivity contribution in [3.8, 4) is 0 Å². The van der Waals surface area contributed by atoms with E-state index < -0.39 is 29.9 Å². The normalized spacial score (nSPS) is 13.9. The molecule has 128 valence electrons. The summed E-state index contributed by atoms with van der Waals surface area (Å²) in [5.41, 5.74) is -0.203. The zero-order chi connectivity index (χ0) is 17.7. The van der Waals surface area contributed by atoms with E-state index in [2.05, 4.69) is 10.6 Å². The fourth-order valence-corrected chi connectivity index (χ4v) is 2.17. The maximum Gasteiger partial charge on any atom is 0.416 e. The standard InChI is InChI=1S/C17H17F3N2O2/c1-11(15(23)12-6-3-2-4-7-12)21-16(24)22-14-9-5-8-13(10-14)17(18,19)20/h2-11,15,23H,1H3,(H2,21,22,24)/t11-,15+/m1/s1. The van der Waals surface area contributed by atoms with Crippen LogP contribution in [0.3, 0.4) is 0 Å². The quantitative estimate of drug-likeness (QED) is 0.790. The van der Waals surface area contributed by atoms with Crippen molar-refractivity contribution in [1.29, 1.82) is 0 Å². The van der Waals surface area contributed by atoms with E-state index in [9.17, 15) is 23.1 Å². The highest BCUT2D eigenvalue weighted by atomic mass is 19.4. The number of carbonyl (C=O) groups excluding carboxylic acids is 1. The van der Waals surface area contributed by atoms with Crippen molar-refractivity contribution in [2.45, 2.75) is 25.2 Å². The molecular formula is C17H17F3N2O2. The van der Waals surface area contributed by atoms with Crippen molar-refractivity contribution in [1.82, 2.24) is 5.32 Å². The third-order valence-corrected chi connectivity index (χ3v) is 3.42. The lowest BCUT2D eigenvalue weighted by Crippen LogP contribution is -2.39. The molecule has 0 spiro atoms. The smallest absolute Gasteiger partial charge is 0.386 e. The number of anilines is 1. The van der Waals surface area contributed by atoms with E-state index in [1.807, 2.05) is 0 Å². The number of carbonyl (C=O) groups is 1. The number of benzene rings is 2. The molecule has 0 radical (unpaired) electrons. The molecule has 0 aromatic heterocycles. The van der Waals surface area contributed by atoms with Gasteiger partial charge in [-0.05, 0) is 30.7 Å². The third-order valence-electron chi connectivity index (χ3n) is 3.42. The van der Waals surface area contributed by atoms with Crippen molar-refractivity contribution >= 4 is 11.7 Å². The van der Waals surface area contributed by atoms with Gasteiger partial charge in [0.2, 0.25) is 0 Å². The maximum absolute atomic E-state index is 12.6. The molecule has 0 bridgehead atoms. The zero-order valence-corrected chi connectivity index (χ0v) is 12.8. The number of urea groups is 1. The Morgan fingerprint density at radius 1 is 1.08 bits per heavy atom.